The number of aliphatic hydroxyl groups is 2. The fraction of sp³-hybridized carbons (Fsp3) is 0.900. The topological polar surface area (TPSA) is 70.0 Å². The molecule has 15 heavy (non-hydrogen) atoms. The van der Waals surface area contributed by atoms with Gasteiger partial charge in [-0.05, 0) is 19.8 Å². The Morgan fingerprint density at radius 1 is 1.40 bits per heavy atom. The van der Waals surface area contributed by atoms with Crippen molar-refractivity contribution in [3.05, 3.63) is 0 Å². The van der Waals surface area contributed by atoms with Crippen LogP contribution in [0.25, 0.3) is 0 Å². The van der Waals surface area contributed by atoms with Crippen LogP contribution >= 0.6 is 0 Å². The predicted molar refractivity (Wildman–Crippen MR) is 52.3 cm³/mol. The van der Waals surface area contributed by atoms with Crippen LogP contribution in [0, 0.1) is 5.41 Å². The number of rotatable bonds is 1. The maximum absolute atomic E-state index is 11.4. The van der Waals surface area contributed by atoms with Crippen molar-refractivity contribution in [3.63, 3.8) is 0 Å². The average molecular weight is 215 g/mol. The summed E-state index contributed by atoms with van der Waals surface area (Å²) in [5.41, 5.74) is -0.330. The summed E-state index contributed by atoms with van der Waals surface area (Å²) >= 11 is 0. The third-order valence-corrected chi connectivity index (χ3v) is 3.47. The van der Waals surface area contributed by atoms with Gasteiger partial charge in [-0.15, -0.1) is 0 Å². The lowest BCUT2D eigenvalue weighted by Gasteiger charge is -2.39. The number of β-amino-alcohol motifs (C(OH)–C–C–N with tert-alkyl or cyclic N) is 2. The van der Waals surface area contributed by atoms with Crippen LogP contribution in [0.4, 0.5) is 4.79 Å². The van der Waals surface area contributed by atoms with E-state index in [0.717, 1.165) is 12.8 Å². The summed E-state index contributed by atoms with van der Waals surface area (Å²) in [6.45, 7) is 2.59. The number of carbonyl (C=O) groups is 1. The van der Waals surface area contributed by atoms with Crippen molar-refractivity contribution in [3.8, 4) is 0 Å². The third-order valence-electron chi connectivity index (χ3n) is 3.47. The number of amides is 1. The summed E-state index contributed by atoms with van der Waals surface area (Å²) in [7, 11) is 0. The number of hydrogen-bond donors (Lipinski definition) is 2. The lowest BCUT2D eigenvalue weighted by Crippen LogP contribution is -2.55. The van der Waals surface area contributed by atoms with Crippen molar-refractivity contribution < 1.29 is 19.7 Å². The first kappa shape index (κ1) is 10.7. The van der Waals surface area contributed by atoms with E-state index < -0.39 is 18.3 Å². The second-order valence-electron chi connectivity index (χ2n) is 4.37. The molecule has 0 aromatic carbocycles. The summed E-state index contributed by atoms with van der Waals surface area (Å²) in [4.78, 5) is 12.8. The summed E-state index contributed by atoms with van der Waals surface area (Å²) in [6.07, 6.45) is 0.0141. The zero-order chi connectivity index (χ0) is 11.1. The molecule has 2 fully saturated rings. The molecule has 0 radical (unpaired) electrons. The van der Waals surface area contributed by atoms with Gasteiger partial charge in [-0.1, -0.05) is 0 Å². The number of carbonyl (C=O) groups excluding carboxylic acids is 1. The van der Waals surface area contributed by atoms with Crippen LogP contribution in [0.5, 0.6) is 0 Å². The summed E-state index contributed by atoms with van der Waals surface area (Å²) < 4.78 is 4.83. The molecular weight excluding hydrogens is 198 g/mol. The van der Waals surface area contributed by atoms with Gasteiger partial charge in [-0.3, -0.25) is 0 Å². The summed E-state index contributed by atoms with van der Waals surface area (Å²) in [5, 5.41) is 19.7. The molecule has 5 nitrogen and oxygen atoms in total. The van der Waals surface area contributed by atoms with Gasteiger partial charge in [-0.25, -0.2) is 4.79 Å². The smallest absolute Gasteiger partial charge is 0.409 e. The maximum Gasteiger partial charge on any atom is 0.409 e. The fourth-order valence-electron chi connectivity index (χ4n) is 2.25. The standard InChI is InChI=1S/C10H17NO4/c1-2-15-9(14)11-5-7(12)10(3-4-10)8(13)6-11/h7-8,12-13H,2-6H2,1H3/t7-,8+. The Balaban J connectivity index is 1.98. The van der Waals surface area contributed by atoms with Gasteiger partial charge in [0.1, 0.15) is 0 Å². The van der Waals surface area contributed by atoms with Gasteiger partial charge in [0, 0.05) is 5.41 Å². The Labute approximate surface area is 88.6 Å². The Morgan fingerprint density at radius 2 is 1.93 bits per heavy atom. The highest BCUT2D eigenvalue weighted by molar-refractivity contribution is 5.68. The van der Waals surface area contributed by atoms with E-state index in [1.54, 1.807) is 6.92 Å². The van der Waals surface area contributed by atoms with Crippen molar-refractivity contribution >= 4 is 6.09 Å². The highest BCUT2D eigenvalue weighted by Crippen LogP contribution is 2.53. The molecule has 1 amide bonds. The number of likely N-dealkylation sites (tertiary alicyclic amines) is 1. The Hall–Kier alpha value is -0.810. The van der Waals surface area contributed by atoms with Gasteiger partial charge in [0.05, 0.1) is 31.9 Å². The zero-order valence-corrected chi connectivity index (χ0v) is 8.85. The van der Waals surface area contributed by atoms with E-state index in [1.165, 1.54) is 4.90 Å². The van der Waals surface area contributed by atoms with Crippen LogP contribution in [-0.2, 0) is 4.74 Å². The summed E-state index contributed by atoms with van der Waals surface area (Å²) in [6, 6.07) is 0. The van der Waals surface area contributed by atoms with Crippen LogP contribution in [0.1, 0.15) is 19.8 Å². The molecule has 1 aliphatic carbocycles. The highest BCUT2D eigenvalue weighted by Gasteiger charge is 2.58. The van der Waals surface area contributed by atoms with Gasteiger partial charge < -0.3 is 19.8 Å². The van der Waals surface area contributed by atoms with Gasteiger partial charge >= 0.3 is 6.09 Å². The molecule has 1 saturated carbocycles. The molecule has 2 rings (SSSR count). The molecule has 2 N–H and O–H groups in total. The Morgan fingerprint density at radius 3 is 2.33 bits per heavy atom. The monoisotopic (exact) mass is 215 g/mol. The molecule has 0 bridgehead atoms. The average Bonchev–Trinajstić information content (AvgIpc) is 2.95. The van der Waals surface area contributed by atoms with E-state index in [0.29, 0.717) is 6.61 Å². The highest BCUT2D eigenvalue weighted by atomic mass is 16.6. The van der Waals surface area contributed by atoms with Crippen molar-refractivity contribution in [2.24, 2.45) is 5.41 Å². The van der Waals surface area contributed by atoms with E-state index in [-0.39, 0.29) is 18.5 Å². The molecule has 86 valence electrons. The molecule has 0 unspecified atom stereocenters. The van der Waals surface area contributed by atoms with Crippen LogP contribution in [0.15, 0.2) is 0 Å². The van der Waals surface area contributed by atoms with Crippen LogP contribution < -0.4 is 0 Å². The van der Waals surface area contributed by atoms with Gasteiger partial charge in [0.2, 0.25) is 0 Å². The molecule has 2 aliphatic rings. The minimum atomic E-state index is -0.620. The third kappa shape index (κ3) is 1.70. The van der Waals surface area contributed by atoms with Gasteiger partial charge in [0.15, 0.2) is 0 Å². The van der Waals surface area contributed by atoms with Crippen molar-refractivity contribution in [1.29, 1.82) is 0 Å². The molecule has 0 aromatic rings. The molecule has 2 atom stereocenters. The summed E-state index contributed by atoms with van der Waals surface area (Å²) in [5.74, 6) is 0. The minimum absolute atomic E-state index is 0.274. The minimum Gasteiger partial charge on any atom is -0.450 e. The van der Waals surface area contributed by atoms with E-state index in [2.05, 4.69) is 0 Å². The SMILES string of the molecule is CCOC(=O)N1C[C@@H](O)C2(CC2)[C@@H](O)C1. The number of piperidine rings is 1. The maximum atomic E-state index is 11.4. The van der Waals surface area contributed by atoms with Crippen LogP contribution in [0.2, 0.25) is 0 Å². The molecule has 0 aromatic heterocycles. The first-order valence-electron chi connectivity index (χ1n) is 5.38. The predicted octanol–water partition coefficient (Wildman–Crippen LogP) is -0.0395. The quantitative estimate of drug-likeness (QED) is 0.644. The molecule has 1 heterocycles. The number of ether oxygens (including phenoxy) is 1. The fourth-order valence-corrected chi connectivity index (χ4v) is 2.25. The van der Waals surface area contributed by atoms with Crippen molar-refractivity contribution in [2.75, 3.05) is 19.7 Å². The molecule has 1 aliphatic heterocycles. The van der Waals surface area contributed by atoms with Crippen LogP contribution in [-0.4, -0.2) is 53.1 Å². The van der Waals surface area contributed by atoms with Gasteiger partial charge in [-0.2, -0.15) is 0 Å². The second kappa shape index (κ2) is 3.64. The number of hydrogen-bond acceptors (Lipinski definition) is 4. The van der Waals surface area contributed by atoms with E-state index in [4.69, 9.17) is 4.74 Å². The first-order chi connectivity index (χ1) is 7.10. The molecular formula is C10H17NO4. The lowest BCUT2D eigenvalue weighted by atomic mass is 9.88. The molecule has 5 heteroatoms. The lowest BCUT2D eigenvalue weighted by molar-refractivity contribution is -0.0706. The Kier molecular flexibility index (Phi) is 2.60. The van der Waals surface area contributed by atoms with Crippen molar-refractivity contribution in [2.45, 2.75) is 32.0 Å². The van der Waals surface area contributed by atoms with Crippen LogP contribution in [0.3, 0.4) is 0 Å². The zero-order valence-electron chi connectivity index (χ0n) is 8.85. The van der Waals surface area contributed by atoms with Gasteiger partial charge in [0.25, 0.3) is 0 Å². The normalized spacial score (nSPS) is 32.9. The van der Waals surface area contributed by atoms with E-state index in [9.17, 15) is 15.0 Å². The van der Waals surface area contributed by atoms with E-state index >= 15 is 0 Å². The number of aliphatic hydroxyl groups excluding tert-OH is 2. The first-order valence-corrected chi connectivity index (χ1v) is 5.38. The largest absolute Gasteiger partial charge is 0.450 e. The molecule has 1 spiro atoms. The Bertz CT molecular complexity index is 250. The van der Waals surface area contributed by atoms with E-state index in [1.807, 2.05) is 0 Å². The molecule has 1 saturated heterocycles. The van der Waals surface area contributed by atoms with Crippen molar-refractivity contribution in [1.82, 2.24) is 4.90 Å². The number of nitrogens with zero attached hydrogens (tertiary/aromatic N) is 1. The second-order valence-corrected chi connectivity index (χ2v) is 4.37.